The molecule has 0 fully saturated rings. The molecule has 1 aromatic rings. The van der Waals surface area contributed by atoms with Gasteiger partial charge in [-0.15, -0.1) is 0 Å². The van der Waals surface area contributed by atoms with Crippen LogP contribution in [-0.4, -0.2) is 15.8 Å². The number of carbonyl (C=O) groups excluding carboxylic acids is 1. The van der Waals surface area contributed by atoms with E-state index in [-0.39, 0.29) is 22.5 Å². The molecule has 1 aromatic heterocycles. The summed E-state index contributed by atoms with van der Waals surface area (Å²) in [5, 5.41) is 10.7. The minimum absolute atomic E-state index is 0.00579. The van der Waals surface area contributed by atoms with Gasteiger partial charge in [-0.05, 0) is 13.8 Å². The molecule has 1 amide bonds. The number of primary amides is 1. The van der Waals surface area contributed by atoms with Gasteiger partial charge < -0.3 is 10.7 Å². The molecule has 0 saturated heterocycles. The highest BCUT2D eigenvalue weighted by molar-refractivity contribution is 5.94. The molecule has 7 heteroatoms. The smallest absolute Gasteiger partial charge is 0.292 e. The van der Waals surface area contributed by atoms with Crippen molar-refractivity contribution < 1.29 is 9.72 Å². The first-order valence-electron chi connectivity index (χ1n) is 4.04. The van der Waals surface area contributed by atoms with Crippen LogP contribution in [0.15, 0.2) is 4.79 Å². The summed E-state index contributed by atoms with van der Waals surface area (Å²) in [6.45, 7) is 2.71. The average molecular weight is 211 g/mol. The third kappa shape index (κ3) is 1.71. The molecule has 0 radical (unpaired) electrons. The van der Waals surface area contributed by atoms with Gasteiger partial charge in [0.25, 0.3) is 17.2 Å². The Kier molecular flexibility index (Phi) is 2.56. The van der Waals surface area contributed by atoms with E-state index in [1.165, 1.54) is 13.8 Å². The summed E-state index contributed by atoms with van der Waals surface area (Å²) in [6, 6.07) is 0. The second-order valence-electron chi connectivity index (χ2n) is 3.05. The second kappa shape index (κ2) is 3.52. The number of rotatable bonds is 2. The number of hydrogen-bond donors (Lipinski definition) is 2. The number of hydrogen-bond acceptors (Lipinski definition) is 4. The maximum absolute atomic E-state index is 11.3. The van der Waals surface area contributed by atoms with E-state index in [0.717, 1.165) is 0 Å². The third-order valence-electron chi connectivity index (χ3n) is 2.04. The number of aryl methyl sites for hydroxylation is 1. The van der Waals surface area contributed by atoms with Gasteiger partial charge in [0, 0.05) is 5.56 Å². The van der Waals surface area contributed by atoms with Gasteiger partial charge >= 0.3 is 0 Å². The zero-order chi connectivity index (χ0) is 11.7. The van der Waals surface area contributed by atoms with Gasteiger partial charge in [-0.1, -0.05) is 0 Å². The van der Waals surface area contributed by atoms with Crippen molar-refractivity contribution in [3.63, 3.8) is 0 Å². The number of nitrogens with one attached hydrogen (secondary N) is 1. The van der Waals surface area contributed by atoms with E-state index in [1.54, 1.807) is 0 Å². The minimum atomic E-state index is -0.975. The molecule has 15 heavy (non-hydrogen) atoms. The van der Waals surface area contributed by atoms with E-state index >= 15 is 0 Å². The molecule has 0 unspecified atom stereocenters. The molecule has 1 rings (SSSR count). The van der Waals surface area contributed by atoms with Crippen LogP contribution in [0.5, 0.6) is 0 Å². The van der Waals surface area contributed by atoms with E-state index < -0.39 is 16.4 Å². The fourth-order valence-corrected chi connectivity index (χ4v) is 1.43. The predicted octanol–water partition coefficient (Wildman–Crippen LogP) is -0.00116. The van der Waals surface area contributed by atoms with Crippen molar-refractivity contribution in [1.29, 1.82) is 0 Å². The number of carbonyl (C=O) groups is 1. The Bertz CT molecular complexity index is 503. The number of nitrogens with zero attached hydrogens (tertiary/aromatic N) is 1. The number of amides is 1. The van der Waals surface area contributed by atoms with Crippen LogP contribution in [0.3, 0.4) is 0 Å². The molecule has 0 aliphatic rings. The normalized spacial score (nSPS) is 10.0. The number of H-pyrrole nitrogens is 1. The molecule has 0 aliphatic heterocycles. The Hall–Kier alpha value is -2.18. The summed E-state index contributed by atoms with van der Waals surface area (Å²) >= 11 is 0. The Morgan fingerprint density at radius 2 is 2.00 bits per heavy atom. The summed E-state index contributed by atoms with van der Waals surface area (Å²) in [5.74, 6) is -0.975. The third-order valence-corrected chi connectivity index (χ3v) is 2.04. The lowest BCUT2D eigenvalue weighted by molar-refractivity contribution is -0.386. The van der Waals surface area contributed by atoms with Gasteiger partial charge in [0.05, 0.1) is 10.6 Å². The Morgan fingerprint density at radius 3 is 2.40 bits per heavy atom. The zero-order valence-electron chi connectivity index (χ0n) is 8.16. The Morgan fingerprint density at radius 1 is 1.47 bits per heavy atom. The van der Waals surface area contributed by atoms with Crippen LogP contribution in [-0.2, 0) is 0 Å². The fourth-order valence-electron chi connectivity index (χ4n) is 1.43. The number of aromatic amines is 1. The van der Waals surface area contributed by atoms with Gasteiger partial charge in [0.2, 0.25) is 0 Å². The van der Waals surface area contributed by atoms with Crippen molar-refractivity contribution in [3.05, 3.63) is 37.3 Å². The van der Waals surface area contributed by atoms with Crippen LogP contribution in [0.25, 0.3) is 0 Å². The van der Waals surface area contributed by atoms with Crippen molar-refractivity contribution >= 4 is 11.6 Å². The number of pyridine rings is 1. The van der Waals surface area contributed by atoms with Crippen molar-refractivity contribution in [1.82, 2.24) is 4.98 Å². The second-order valence-corrected chi connectivity index (χ2v) is 3.05. The first-order valence-corrected chi connectivity index (χ1v) is 4.04. The zero-order valence-corrected chi connectivity index (χ0v) is 8.16. The Balaban J connectivity index is 3.72. The summed E-state index contributed by atoms with van der Waals surface area (Å²) in [6.07, 6.45) is 0. The van der Waals surface area contributed by atoms with Crippen LogP contribution in [0.1, 0.15) is 21.6 Å². The first kappa shape index (κ1) is 10.9. The summed E-state index contributed by atoms with van der Waals surface area (Å²) in [5.41, 5.74) is 3.69. The summed E-state index contributed by atoms with van der Waals surface area (Å²) in [4.78, 5) is 34.4. The maximum Gasteiger partial charge on any atom is 0.292 e. The SMILES string of the molecule is Cc1[nH]c(=O)c(C(N)=O)c(C)c1[N+](=O)[O-]. The number of aromatic nitrogens is 1. The average Bonchev–Trinajstić information content (AvgIpc) is 1.99. The van der Waals surface area contributed by atoms with Gasteiger partial charge in [0.15, 0.2) is 0 Å². The van der Waals surface area contributed by atoms with Crippen molar-refractivity contribution in [2.75, 3.05) is 0 Å². The summed E-state index contributed by atoms with van der Waals surface area (Å²) in [7, 11) is 0. The van der Waals surface area contributed by atoms with E-state index in [0.29, 0.717) is 0 Å². The molecule has 1 heterocycles. The fraction of sp³-hybridized carbons (Fsp3) is 0.250. The van der Waals surface area contributed by atoms with E-state index in [2.05, 4.69) is 4.98 Å². The molecule has 3 N–H and O–H groups in total. The first-order chi connectivity index (χ1) is 6.86. The standard InChI is InChI=1S/C8H9N3O4/c1-3-5(7(9)12)8(13)10-4(2)6(3)11(14)15/h1-2H3,(H2,9,12)(H,10,13). The van der Waals surface area contributed by atoms with Crippen LogP contribution in [0.2, 0.25) is 0 Å². The van der Waals surface area contributed by atoms with Crippen molar-refractivity contribution in [2.24, 2.45) is 5.73 Å². The highest BCUT2D eigenvalue weighted by Gasteiger charge is 2.23. The molecule has 0 saturated carbocycles. The molecule has 0 atom stereocenters. The van der Waals surface area contributed by atoms with Crippen LogP contribution >= 0.6 is 0 Å². The van der Waals surface area contributed by atoms with E-state index in [1.807, 2.05) is 0 Å². The molecular formula is C8H9N3O4. The molecule has 0 aliphatic carbocycles. The topological polar surface area (TPSA) is 119 Å². The maximum atomic E-state index is 11.3. The predicted molar refractivity (Wildman–Crippen MR) is 51.7 cm³/mol. The Labute approximate surface area is 84.1 Å². The van der Waals surface area contributed by atoms with E-state index in [4.69, 9.17) is 5.73 Å². The number of nitro groups is 1. The van der Waals surface area contributed by atoms with Crippen LogP contribution < -0.4 is 11.3 Å². The minimum Gasteiger partial charge on any atom is -0.365 e. The van der Waals surface area contributed by atoms with Crippen LogP contribution in [0.4, 0.5) is 5.69 Å². The van der Waals surface area contributed by atoms with E-state index in [9.17, 15) is 19.7 Å². The molecule has 0 aromatic carbocycles. The molecule has 0 bridgehead atoms. The lowest BCUT2D eigenvalue weighted by atomic mass is 10.1. The highest BCUT2D eigenvalue weighted by Crippen LogP contribution is 2.21. The number of nitrogens with two attached hydrogens (primary N) is 1. The van der Waals surface area contributed by atoms with Crippen molar-refractivity contribution in [3.8, 4) is 0 Å². The summed E-state index contributed by atoms with van der Waals surface area (Å²) < 4.78 is 0. The highest BCUT2D eigenvalue weighted by atomic mass is 16.6. The largest absolute Gasteiger partial charge is 0.365 e. The quantitative estimate of drug-likeness (QED) is 0.528. The van der Waals surface area contributed by atoms with Gasteiger partial charge in [-0.25, -0.2) is 0 Å². The van der Waals surface area contributed by atoms with Gasteiger partial charge in [-0.3, -0.25) is 19.7 Å². The molecular weight excluding hydrogens is 202 g/mol. The van der Waals surface area contributed by atoms with Gasteiger partial charge in [-0.2, -0.15) is 0 Å². The molecule has 0 spiro atoms. The lowest BCUT2D eigenvalue weighted by Crippen LogP contribution is -2.26. The molecule has 7 nitrogen and oxygen atoms in total. The van der Waals surface area contributed by atoms with Crippen LogP contribution in [0, 0.1) is 24.0 Å². The van der Waals surface area contributed by atoms with Gasteiger partial charge in [0.1, 0.15) is 5.56 Å². The molecule has 80 valence electrons. The lowest BCUT2D eigenvalue weighted by Gasteiger charge is -2.04. The van der Waals surface area contributed by atoms with Crippen molar-refractivity contribution in [2.45, 2.75) is 13.8 Å². The monoisotopic (exact) mass is 211 g/mol.